The molecule has 25 heavy (non-hydrogen) atoms. The molecule has 0 aliphatic carbocycles. The lowest BCUT2D eigenvalue weighted by molar-refractivity contribution is 0.485. The molecule has 1 aromatic heterocycles. The average Bonchev–Trinajstić information content (AvgIpc) is 3.28. The Morgan fingerprint density at radius 3 is 2.92 bits per heavy atom. The van der Waals surface area contributed by atoms with Crippen LogP contribution in [0, 0.1) is 6.92 Å². The second-order valence-corrected chi connectivity index (χ2v) is 6.70. The highest BCUT2D eigenvalue weighted by atomic mass is 15.3. The van der Waals surface area contributed by atoms with Gasteiger partial charge in [0.2, 0.25) is 0 Å². The number of nitrogens with zero attached hydrogens (tertiary/aromatic N) is 3. The number of guanidine groups is 1. The molecule has 3 rings (SSSR count). The van der Waals surface area contributed by atoms with Crippen LogP contribution in [0.1, 0.15) is 42.5 Å². The molecule has 5 heteroatoms. The lowest BCUT2D eigenvalue weighted by atomic mass is 9.99. The van der Waals surface area contributed by atoms with E-state index in [1.165, 1.54) is 23.2 Å². The van der Waals surface area contributed by atoms with E-state index in [1.54, 1.807) is 0 Å². The normalized spacial score (nSPS) is 17.9. The number of aromatic amines is 1. The Labute approximate surface area is 150 Å². The molecule has 1 fully saturated rings. The number of likely N-dealkylation sites (tertiary alicyclic amines) is 1. The standard InChI is InChI=1S/C20H29N5/c1-3-21-20(22-12-7-10-18-14-23-24-16(18)2)25-13-11-19(15-25)17-8-5-4-6-9-17/h4-6,8-9,14,19H,3,7,10-13,15H2,1-2H3,(H,21,22)(H,23,24). The Morgan fingerprint density at radius 1 is 1.36 bits per heavy atom. The van der Waals surface area contributed by atoms with Gasteiger partial charge in [0.25, 0.3) is 0 Å². The van der Waals surface area contributed by atoms with E-state index in [4.69, 9.17) is 4.99 Å². The summed E-state index contributed by atoms with van der Waals surface area (Å²) in [6.07, 6.45) is 5.20. The summed E-state index contributed by atoms with van der Waals surface area (Å²) in [6.45, 7) is 8.09. The lowest BCUT2D eigenvalue weighted by Crippen LogP contribution is -2.40. The monoisotopic (exact) mass is 339 g/mol. The number of rotatable bonds is 6. The Balaban J connectivity index is 1.54. The van der Waals surface area contributed by atoms with Crippen LogP contribution in [0.25, 0.3) is 0 Å². The minimum absolute atomic E-state index is 0.610. The molecule has 1 unspecified atom stereocenters. The number of benzene rings is 1. The summed E-state index contributed by atoms with van der Waals surface area (Å²) in [7, 11) is 0. The summed E-state index contributed by atoms with van der Waals surface area (Å²) in [5.41, 5.74) is 3.91. The van der Waals surface area contributed by atoms with Gasteiger partial charge in [-0.05, 0) is 44.2 Å². The van der Waals surface area contributed by atoms with Crippen molar-refractivity contribution in [2.75, 3.05) is 26.2 Å². The van der Waals surface area contributed by atoms with E-state index in [-0.39, 0.29) is 0 Å². The first-order chi connectivity index (χ1) is 12.3. The molecule has 5 nitrogen and oxygen atoms in total. The molecule has 134 valence electrons. The van der Waals surface area contributed by atoms with E-state index in [0.717, 1.165) is 45.0 Å². The van der Waals surface area contributed by atoms with E-state index in [9.17, 15) is 0 Å². The molecule has 0 amide bonds. The van der Waals surface area contributed by atoms with Gasteiger partial charge in [-0.2, -0.15) is 5.10 Å². The van der Waals surface area contributed by atoms with Gasteiger partial charge in [0, 0.05) is 37.8 Å². The second-order valence-electron chi connectivity index (χ2n) is 6.70. The molecular formula is C20H29N5. The highest BCUT2D eigenvalue weighted by Crippen LogP contribution is 2.26. The Kier molecular flexibility index (Phi) is 6.09. The summed E-state index contributed by atoms with van der Waals surface area (Å²) < 4.78 is 0. The molecule has 2 N–H and O–H groups in total. The van der Waals surface area contributed by atoms with Crippen LogP contribution >= 0.6 is 0 Å². The number of aromatic nitrogens is 2. The Morgan fingerprint density at radius 2 is 2.20 bits per heavy atom. The first-order valence-electron chi connectivity index (χ1n) is 9.35. The van der Waals surface area contributed by atoms with Crippen LogP contribution in [0.5, 0.6) is 0 Å². The number of nitrogens with one attached hydrogen (secondary N) is 2. The molecule has 0 radical (unpaired) electrons. The van der Waals surface area contributed by atoms with Crippen molar-refractivity contribution in [1.29, 1.82) is 0 Å². The van der Waals surface area contributed by atoms with Crippen LogP contribution in [-0.4, -0.2) is 47.2 Å². The predicted octanol–water partition coefficient (Wildman–Crippen LogP) is 3.11. The van der Waals surface area contributed by atoms with Gasteiger partial charge in [-0.15, -0.1) is 0 Å². The molecule has 0 bridgehead atoms. The minimum Gasteiger partial charge on any atom is -0.357 e. The van der Waals surface area contributed by atoms with Crippen molar-refractivity contribution in [1.82, 2.24) is 20.4 Å². The second kappa shape index (κ2) is 8.70. The summed E-state index contributed by atoms with van der Waals surface area (Å²) in [5.74, 6) is 1.67. The van der Waals surface area contributed by atoms with Crippen LogP contribution in [-0.2, 0) is 6.42 Å². The van der Waals surface area contributed by atoms with E-state index in [2.05, 4.69) is 64.6 Å². The van der Waals surface area contributed by atoms with E-state index >= 15 is 0 Å². The van der Waals surface area contributed by atoms with Crippen molar-refractivity contribution in [3.05, 3.63) is 53.3 Å². The van der Waals surface area contributed by atoms with Gasteiger partial charge in [-0.3, -0.25) is 10.1 Å². The molecule has 1 aliphatic heterocycles. The largest absolute Gasteiger partial charge is 0.357 e. The van der Waals surface area contributed by atoms with Crippen LogP contribution in [0.15, 0.2) is 41.5 Å². The Hall–Kier alpha value is -2.30. The number of aryl methyl sites for hydroxylation is 2. The molecule has 0 spiro atoms. The van der Waals surface area contributed by atoms with Crippen molar-refractivity contribution >= 4 is 5.96 Å². The topological polar surface area (TPSA) is 56.3 Å². The van der Waals surface area contributed by atoms with Crippen molar-refractivity contribution < 1.29 is 0 Å². The van der Waals surface area contributed by atoms with Crippen LogP contribution in [0.4, 0.5) is 0 Å². The van der Waals surface area contributed by atoms with Crippen LogP contribution in [0.3, 0.4) is 0 Å². The molecule has 2 aromatic rings. The molecule has 1 saturated heterocycles. The van der Waals surface area contributed by atoms with Crippen molar-refractivity contribution in [2.24, 2.45) is 4.99 Å². The van der Waals surface area contributed by atoms with Crippen molar-refractivity contribution in [3.63, 3.8) is 0 Å². The van der Waals surface area contributed by atoms with Gasteiger partial charge in [0.15, 0.2) is 5.96 Å². The van der Waals surface area contributed by atoms with Gasteiger partial charge in [-0.1, -0.05) is 30.3 Å². The predicted molar refractivity (Wildman–Crippen MR) is 103 cm³/mol. The highest BCUT2D eigenvalue weighted by Gasteiger charge is 2.25. The first-order valence-corrected chi connectivity index (χ1v) is 9.35. The molecular weight excluding hydrogens is 310 g/mol. The van der Waals surface area contributed by atoms with E-state index < -0.39 is 0 Å². The smallest absolute Gasteiger partial charge is 0.193 e. The maximum Gasteiger partial charge on any atom is 0.193 e. The highest BCUT2D eigenvalue weighted by molar-refractivity contribution is 5.80. The van der Waals surface area contributed by atoms with Gasteiger partial charge >= 0.3 is 0 Å². The lowest BCUT2D eigenvalue weighted by Gasteiger charge is -2.21. The van der Waals surface area contributed by atoms with Gasteiger partial charge in [0.1, 0.15) is 0 Å². The fraction of sp³-hybridized carbons (Fsp3) is 0.500. The zero-order chi connectivity index (χ0) is 17.5. The number of hydrogen-bond acceptors (Lipinski definition) is 2. The molecule has 1 aromatic carbocycles. The number of aliphatic imine (C=N–C) groups is 1. The SMILES string of the molecule is CCNC(=NCCCc1cn[nH]c1C)N1CCC(c2ccccc2)C1. The Bertz CT molecular complexity index is 676. The average molecular weight is 339 g/mol. The van der Waals surface area contributed by atoms with Crippen molar-refractivity contribution in [2.45, 2.75) is 39.0 Å². The minimum atomic E-state index is 0.610. The fourth-order valence-corrected chi connectivity index (χ4v) is 3.46. The van der Waals surface area contributed by atoms with Crippen LogP contribution in [0.2, 0.25) is 0 Å². The van der Waals surface area contributed by atoms with Gasteiger partial charge < -0.3 is 10.2 Å². The molecule has 2 heterocycles. The molecule has 1 aliphatic rings. The van der Waals surface area contributed by atoms with Gasteiger partial charge in [0.05, 0.1) is 6.20 Å². The van der Waals surface area contributed by atoms with E-state index in [0.29, 0.717) is 5.92 Å². The summed E-state index contributed by atoms with van der Waals surface area (Å²) in [6, 6.07) is 10.8. The third-order valence-corrected chi connectivity index (χ3v) is 4.89. The summed E-state index contributed by atoms with van der Waals surface area (Å²) >= 11 is 0. The van der Waals surface area contributed by atoms with Gasteiger partial charge in [-0.25, -0.2) is 0 Å². The van der Waals surface area contributed by atoms with Crippen molar-refractivity contribution in [3.8, 4) is 0 Å². The maximum absolute atomic E-state index is 4.85. The first kappa shape index (κ1) is 17.5. The zero-order valence-corrected chi connectivity index (χ0v) is 15.3. The zero-order valence-electron chi connectivity index (χ0n) is 15.3. The molecule has 0 saturated carbocycles. The van der Waals surface area contributed by atoms with E-state index in [1.807, 2.05) is 6.20 Å². The number of H-pyrrole nitrogens is 1. The molecule has 1 atom stereocenters. The summed E-state index contributed by atoms with van der Waals surface area (Å²) in [4.78, 5) is 7.26. The van der Waals surface area contributed by atoms with Crippen LogP contribution < -0.4 is 5.32 Å². The quantitative estimate of drug-likeness (QED) is 0.483. The summed E-state index contributed by atoms with van der Waals surface area (Å²) in [5, 5.41) is 10.5. The maximum atomic E-state index is 4.85. The number of hydrogen-bond donors (Lipinski definition) is 2. The fourth-order valence-electron chi connectivity index (χ4n) is 3.46. The third-order valence-electron chi connectivity index (χ3n) is 4.89. The third kappa shape index (κ3) is 4.62.